The molecule has 0 unspecified atom stereocenters. The molecule has 0 saturated heterocycles. The minimum Gasteiger partial charge on any atom is -0.365 e. The fourth-order valence-electron chi connectivity index (χ4n) is 0.941. The monoisotopic (exact) mass is 308 g/mol. The molecule has 0 spiro atoms. The summed E-state index contributed by atoms with van der Waals surface area (Å²) in [6.07, 6.45) is 0. The van der Waals surface area contributed by atoms with Crippen molar-refractivity contribution in [3.8, 4) is 0 Å². The summed E-state index contributed by atoms with van der Waals surface area (Å²) in [7, 11) is 0.380. The molecule has 0 fully saturated rings. The maximum atomic E-state index is 11.4. The van der Waals surface area contributed by atoms with E-state index in [1.54, 1.807) is 0 Å². The van der Waals surface area contributed by atoms with E-state index in [2.05, 4.69) is 9.69 Å². The van der Waals surface area contributed by atoms with Gasteiger partial charge in [0.1, 0.15) is 10.6 Å². The molecule has 1 aromatic heterocycles. The molecule has 4 N–H and O–H groups in total. The first-order valence-corrected chi connectivity index (χ1v) is 7.15. The summed E-state index contributed by atoms with van der Waals surface area (Å²) < 4.78 is 23.7. The SMILES string of the molecule is CC.CN(C)C(=O)Nc1s[nH]c(=S(=O)=O)c1C(N)=O. The van der Waals surface area contributed by atoms with E-state index < -0.39 is 22.2 Å². The third-order valence-corrected chi connectivity index (χ3v) is 3.32. The number of carbonyl (C=O) groups excluding carboxylic acids is 2. The number of H-pyrrole nitrogens is 1. The number of nitrogens with one attached hydrogen (secondary N) is 2. The number of aromatic amines is 1. The summed E-state index contributed by atoms with van der Waals surface area (Å²) in [5, 5.41) is 2.43. The molecule has 1 rings (SSSR count). The van der Waals surface area contributed by atoms with Gasteiger partial charge in [0, 0.05) is 14.1 Å². The van der Waals surface area contributed by atoms with E-state index in [1.165, 1.54) is 19.0 Å². The molecular formula is C9H16N4O4S2. The van der Waals surface area contributed by atoms with Crippen molar-refractivity contribution < 1.29 is 18.0 Å². The first-order valence-electron chi connectivity index (χ1n) is 5.26. The van der Waals surface area contributed by atoms with Crippen molar-refractivity contribution in [2.45, 2.75) is 13.8 Å². The van der Waals surface area contributed by atoms with Crippen LogP contribution in [0.4, 0.5) is 9.80 Å². The van der Waals surface area contributed by atoms with Crippen LogP contribution in [0.2, 0.25) is 0 Å². The van der Waals surface area contributed by atoms with Gasteiger partial charge in [0.2, 0.25) is 10.3 Å². The van der Waals surface area contributed by atoms with Gasteiger partial charge in [0.05, 0.1) is 0 Å². The molecule has 0 aliphatic carbocycles. The van der Waals surface area contributed by atoms with Crippen LogP contribution in [0, 0.1) is 4.64 Å². The number of hydrogen-bond donors (Lipinski definition) is 3. The molecule has 0 radical (unpaired) electrons. The van der Waals surface area contributed by atoms with Gasteiger partial charge < -0.3 is 10.6 Å². The fourth-order valence-corrected chi connectivity index (χ4v) is 2.51. The average molecular weight is 308 g/mol. The Morgan fingerprint density at radius 2 is 1.84 bits per heavy atom. The number of rotatable bonds is 2. The number of urea groups is 1. The van der Waals surface area contributed by atoms with Gasteiger partial charge in [-0.2, -0.15) is 8.42 Å². The molecule has 0 aliphatic heterocycles. The number of carbonyl (C=O) groups is 2. The highest BCUT2D eigenvalue weighted by molar-refractivity contribution is 7.64. The zero-order chi connectivity index (χ0) is 15.2. The standard InChI is InChI=1S/C7H10N4O4S2.C2H6/c1-11(2)7(13)9-5-3(4(8)12)6(10-16-5)17(14)15;1-2/h10H,1-2H3,(H2,8,12)(H,9,13);1-2H3. The Labute approximate surface area is 115 Å². The summed E-state index contributed by atoms with van der Waals surface area (Å²) in [6, 6.07) is -0.494. The van der Waals surface area contributed by atoms with Crippen LogP contribution in [0.3, 0.4) is 0 Å². The second-order valence-electron chi connectivity index (χ2n) is 3.16. The van der Waals surface area contributed by atoms with E-state index in [4.69, 9.17) is 5.73 Å². The third kappa shape index (κ3) is 4.41. The smallest absolute Gasteiger partial charge is 0.321 e. The van der Waals surface area contributed by atoms with Gasteiger partial charge in [-0.1, -0.05) is 13.8 Å². The van der Waals surface area contributed by atoms with Crippen molar-refractivity contribution in [3.63, 3.8) is 0 Å². The molecule has 0 aromatic carbocycles. The molecule has 1 heterocycles. The highest BCUT2D eigenvalue weighted by Crippen LogP contribution is 2.21. The van der Waals surface area contributed by atoms with Gasteiger partial charge in [-0.3, -0.25) is 14.5 Å². The topological polar surface area (TPSA) is 125 Å². The Morgan fingerprint density at radius 1 is 1.32 bits per heavy atom. The van der Waals surface area contributed by atoms with E-state index in [-0.39, 0.29) is 15.2 Å². The number of anilines is 1. The molecule has 10 heteroatoms. The van der Waals surface area contributed by atoms with Crippen LogP contribution >= 0.6 is 11.5 Å². The Kier molecular flexibility index (Phi) is 6.86. The van der Waals surface area contributed by atoms with Crippen molar-refractivity contribution in [3.05, 3.63) is 10.2 Å². The quantitative estimate of drug-likeness (QED) is 0.695. The molecule has 0 aliphatic rings. The minimum absolute atomic E-state index is 0.0652. The zero-order valence-electron chi connectivity index (χ0n) is 11.0. The summed E-state index contributed by atoms with van der Waals surface area (Å²) in [5.74, 6) is -0.934. The van der Waals surface area contributed by atoms with Crippen LogP contribution < -0.4 is 11.1 Å². The molecule has 0 saturated carbocycles. The van der Waals surface area contributed by atoms with E-state index in [0.717, 1.165) is 11.5 Å². The Bertz CT molecular complexity index is 619. The summed E-state index contributed by atoms with van der Waals surface area (Å²) in [5.41, 5.74) is 4.81. The molecule has 19 heavy (non-hydrogen) atoms. The van der Waals surface area contributed by atoms with Crippen molar-refractivity contribution >= 4 is 38.8 Å². The predicted octanol–water partition coefficient (Wildman–Crippen LogP) is 0.706. The van der Waals surface area contributed by atoms with Crippen LogP contribution in [-0.2, 0) is 10.3 Å². The van der Waals surface area contributed by atoms with E-state index >= 15 is 0 Å². The molecule has 1 aromatic rings. The number of nitrogens with two attached hydrogens (primary N) is 1. The minimum atomic E-state index is -2.63. The van der Waals surface area contributed by atoms with E-state index in [1.807, 2.05) is 13.8 Å². The van der Waals surface area contributed by atoms with Crippen LogP contribution in [-0.4, -0.2) is 43.7 Å². The largest absolute Gasteiger partial charge is 0.365 e. The van der Waals surface area contributed by atoms with Crippen LogP contribution in [0.5, 0.6) is 0 Å². The number of aromatic nitrogens is 1. The lowest BCUT2D eigenvalue weighted by molar-refractivity contribution is 0.100. The molecule has 0 atom stereocenters. The first-order chi connectivity index (χ1) is 8.84. The van der Waals surface area contributed by atoms with Crippen molar-refractivity contribution in [2.75, 3.05) is 19.4 Å². The average Bonchev–Trinajstić information content (AvgIpc) is 2.75. The van der Waals surface area contributed by atoms with E-state index in [9.17, 15) is 18.0 Å². The number of nitrogens with zero attached hydrogens (tertiary/aromatic N) is 1. The lowest BCUT2D eigenvalue weighted by Gasteiger charge is -2.10. The van der Waals surface area contributed by atoms with Crippen molar-refractivity contribution in [2.24, 2.45) is 5.73 Å². The lowest BCUT2D eigenvalue weighted by atomic mass is 10.3. The summed E-state index contributed by atoms with van der Waals surface area (Å²) in [6.45, 7) is 4.00. The van der Waals surface area contributed by atoms with Gasteiger partial charge in [0.25, 0.3) is 5.91 Å². The predicted molar refractivity (Wildman–Crippen MR) is 73.4 cm³/mol. The number of hydrogen-bond acceptors (Lipinski definition) is 5. The van der Waals surface area contributed by atoms with Gasteiger partial charge in [-0.05, 0) is 11.5 Å². The summed E-state index contributed by atoms with van der Waals surface area (Å²) in [4.78, 5) is 23.7. The third-order valence-electron chi connectivity index (χ3n) is 1.74. The second kappa shape index (κ2) is 7.59. The molecule has 108 valence electrons. The van der Waals surface area contributed by atoms with Crippen LogP contribution in [0.15, 0.2) is 0 Å². The maximum Gasteiger partial charge on any atom is 0.321 e. The second-order valence-corrected chi connectivity index (χ2v) is 4.86. The van der Waals surface area contributed by atoms with Crippen LogP contribution in [0.25, 0.3) is 0 Å². The number of primary amides is 1. The van der Waals surface area contributed by atoms with Crippen molar-refractivity contribution in [1.29, 1.82) is 0 Å². The molecule has 8 nitrogen and oxygen atoms in total. The van der Waals surface area contributed by atoms with Gasteiger partial charge in [-0.15, -0.1) is 0 Å². The summed E-state index contributed by atoms with van der Waals surface area (Å²) >= 11 is 0.801. The van der Waals surface area contributed by atoms with Gasteiger partial charge in [0.15, 0.2) is 4.64 Å². The molecule has 3 amide bonds. The van der Waals surface area contributed by atoms with Gasteiger partial charge >= 0.3 is 6.03 Å². The Hall–Kier alpha value is -1.81. The van der Waals surface area contributed by atoms with Gasteiger partial charge in [-0.25, -0.2) is 4.79 Å². The first kappa shape index (κ1) is 17.2. The van der Waals surface area contributed by atoms with Crippen LogP contribution in [0.1, 0.15) is 24.2 Å². The lowest BCUT2D eigenvalue weighted by Crippen LogP contribution is -2.28. The molecular weight excluding hydrogens is 292 g/mol. The fraction of sp³-hybridized carbons (Fsp3) is 0.444. The highest BCUT2D eigenvalue weighted by Gasteiger charge is 2.17. The van der Waals surface area contributed by atoms with Crippen molar-refractivity contribution in [1.82, 2.24) is 9.27 Å². The maximum absolute atomic E-state index is 11.4. The number of amides is 3. The zero-order valence-corrected chi connectivity index (χ0v) is 12.6. The Balaban J connectivity index is 0.00000154. The highest BCUT2D eigenvalue weighted by atomic mass is 32.2. The normalized spacial score (nSPS) is 9.05. The van der Waals surface area contributed by atoms with E-state index in [0.29, 0.717) is 0 Å². The molecule has 0 bridgehead atoms. The Morgan fingerprint density at radius 3 is 2.21 bits per heavy atom.